The second-order valence-electron chi connectivity index (χ2n) is 34.7. The van der Waals surface area contributed by atoms with E-state index in [9.17, 15) is 67.0 Å². The van der Waals surface area contributed by atoms with Crippen LogP contribution in [-0.2, 0) is 70.7 Å². The van der Waals surface area contributed by atoms with Gasteiger partial charge in [0.15, 0.2) is 0 Å². The summed E-state index contributed by atoms with van der Waals surface area (Å²) in [7, 11) is 10.2. The number of nitrogens with zero attached hydrogens (tertiary/aromatic N) is 8. The number of rotatable bonds is 49. The molecule has 5 aromatic rings. The minimum atomic E-state index is -1.25. The lowest BCUT2D eigenvalue weighted by atomic mass is 9.95. The summed E-state index contributed by atoms with van der Waals surface area (Å²) in [6.45, 7) is 29.3. The van der Waals surface area contributed by atoms with E-state index >= 15 is 0 Å². The summed E-state index contributed by atoms with van der Waals surface area (Å²) >= 11 is 6.59. The van der Waals surface area contributed by atoms with Gasteiger partial charge in [-0.25, -0.2) is 14.4 Å². The van der Waals surface area contributed by atoms with Crippen molar-refractivity contribution in [2.45, 2.75) is 242 Å². The number of aliphatic hydroxyl groups excluding tert-OH is 1. The Balaban J connectivity index is 1.08. The van der Waals surface area contributed by atoms with E-state index in [0.29, 0.717) is 77.4 Å². The van der Waals surface area contributed by atoms with E-state index in [2.05, 4.69) is 52.5 Å². The minimum Gasteiger partial charge on any atom is -0.487 e. The van der Waals surface area contributed by atoms with Crippen molar-refractivity contribution in [3.63, 3.8) is 0 Å². The Morgan fingerprint density at radius 2 is 1.16 bits per heavy atom. The molecule has 11 atom stereocenters. The van der Waals surface area contributed by atoms with Gasteiger partial charge in [-0.15, -0.1) is 0 Å². The molecular formula is C90H136ClFN16O15. The molecule has 12 amide bonds. The lowest BCUT2D eigenvalue weighted by Gasteiger charge is -2.39. The van der Waals surface area contributed by atoms with Crippen LogP contribution in [0.5, 0.6) is 5.75 Å². The number of nitrogens with one attached hydrogen (secondary N) is 8. The van der Waals surface area contributed by atoms with Crippen LogP contribution in [0.4, 0.5) is 15.9 Å². The van der Waals surface area contributed by atoms with E-state index in [1.54, 1.807) is 58.0 Å². The fourth-order valence-electron chi connectivity index (χ4n) is 14.5. The quantitative estimate of drug-likeness (QED) is 0.0164. The molecule has 0 bridgehead atoms. The Hall–Kier alpha value is -10.3. The molecule has 0 saturated carbocycles. The number of aromatic nitrogens is 2. The molecule has 31 nitrogen and oxygen atoms in total. The zero-order valence-electron chi connectivity index (χ0n) is 76.2. The maximum Gasteiger partial charge on any atom is 0.245 e. The summed E-state index contributed by atoms with van der Waals surface area (Å²) in [5.74, 6) is -6.36. The van der Waals surface area contributed by atoms with Crippen molar-refractivity contribution in [3.05, 3.63) is 101 Å². The molecule has 0 aliphatic rings. The number of halogens is 2. The third-order valence-electron chi connectivity index (χ3n) is 21.8. The van der Waals surface area contributed by atoms with Crippen molar-refractivity contribution < 1.29 is 76.2 Å². The highest BCUT2D eigenvalue weighted by atomic mass is 35.5. The molecule has 0 aliphatic carbocycles. The van der Waals surface area contributed by atoms with Crippen LogP contribution >= 0.6 is 11.6 Å². The predicted octanol–water partition coefficient (Wildman–Crippen LogP) is 8.99. The van der Waals surface area contributed by atoms with Gasteiger partial charge < -0.3 is 86.2 Å². The van der Waals surface area contributed by atoms with Gasteiger partial charge in [-0.1, -0.05) is 121 Å². The molecule has 2 heterocycles. The SMILES string of the molecule is CC[C@H](NC(=O)C[C@H](O)[C@H](C)CCCC(=O)NCCNCc1ccc(-c2ccc3ncnc(Nc4ccc(OCc5cccc(F)c5)c(Cl)c4)c3c2)o1)C(=O)N(C)CC(=O)N(C)[C@@H](CC(C)C)C(=O)N[C@H](C(=O)N(C)[C@@H](CC(C)C)C(=O)N[C@@H](C)C(=O)N[C@H](C)C(=O)N(C)[C@@H](CC(C)C)C(=O)N(C)[C@@H](CC(C)C)C(=O)N(C)[C@H](C(=O)NC)C(C)C)C(C)C. The van der Waals surface area contributed by atoms with Crippen molar-refractivity contribution in [1.82, 2.24) is 76.6 Å². The van der Waals surface area contributed by atoms with Gasteiger partial charge >= 0.3 is 0 Å². The minimum absolute atomic E-state index is 0.0413. The smallest absolute Gasteiger partial charge is 0.245 e. The number of hydrogen-bond donors (Lipinski definition) is 9. The largest absolute Gasteiger partial charge is 0.487 e. The predicted molar refractivity (Wildman–Crippen MR) is 472 cm³/mol. The van der Waals surface area contributed by atoms with Crippen LogP contribution in [0, 0.1) is 47.2 Å². The molecule has 0 spiro atoms. The molecule has 9 N–H and O–H groups in total. The van der Waals surface area contributed by atoms with Gasteiger partial charge in [-0.3, -0.25) is 57.5 Å². The third-order valence-corrected chi connectivity index (χ3v) is 22.1. The molecule has 0 saturated heterocycles. The summed E-state index contributed by atoms with van der Waals surface area (Å²) in [6.07, 6.45) is 1.97. The lowest BCUT2D eigenvalue weighted by Crippen LogP contribution is -2.61. The van der Waals surface area contributed by atoms with Crippen LogP contribution in [0.2, 0.25) is 5.02 Å². The molecule has 0 fully saturated rings. The Kier molecular flexibility index (Phi) is 41.3. The number of anilines is 2. The number of amides is 12. The summed E-state index contributed by atoms with van der Waals surface area (Å²) in [5, 5.41) is 35.3. The van der Waals surface area contributed by atoms with Crippen LogP contribution in [-0.4, -0.2) is 245 Å². The third kappa shape index (κ3) is 31.1. The number of furan rings is 1. The van der Waals surface area contributed by atoms with Gasteiger partial charge in [0.05, 0.1) is 36.2 Å². The normalized spacial score (nSPS) is 14.2. The molecule has 5 rings (SSSR count). The summed E-state index contributed by atoms with van der Waals surface area (Å²) in [4.78, 5) is 185. The Morgan fingerprint density at radius 3 is 1.75 bits per heavy atom. The van der Waals surface area contributed by atoms with E-state index in [-0.39, 0.29) is 105 Å². The highest BCUT2D eigenvalue weighted by molar-refractivity contribution is 6.32. The molecule has 0 radical (unpaired) electrons. The molecule has 33 heteroatoms. The summed E-state index contributed by atoms with van der Waals surface area (Å²) in [5.41, 5.74) is 2.83. The first-order chi connectivity index (χ1) is 57.8. The first-order valence-electron chi connectivity index (χ1n) is 42.7. The van der Waals surface area contributed by atoms with Gasteiger partial charge in [-0.05, 0) is 166 Å². The van der Waals surface area contributed by atoms with Crippen LogP contribution in [0.25, 0.3) is 22.2 Å². The summed E-state index contributed by atoms with van der Waals surface area (Å²) in [6, 6.07) is 10.9. The molecule has 2 aromatic heterocycles. The topological polar surface area (TPSA) is 389 Å². The number of aliphatic hydroxyl groups is 1. The first kappa shape index (κ1) is 103. The molecule has 123 heavy (non-hydrogen) atoms. The highest BCUT2D eigenvalue weighted by Crippen LogP contribution is 2.34. The number of ether oxygens (including phenoxy) is 1. The van der Waals surface area contributed by atoms with Gasteiger partial charge in [-0.2, -0.15) is 0 Å². The van der Waals surface area contributed by atoms with Crippen LogP contribution in [0.1, 0.15) is 180 Å². The molecule has 0 aliphatic heterocycles. The van der Waals surface area contributed by atoms with Crippen LogP contribution in [0.15, 0.2) is 83.5 Å². The number of likely N-dealkylation sites (N-methyl/N-ethyl adjacent to an activating group) is 7. The van der Waals surface area contributed by atoms with Crippen LogP contribution in [0.3, 0.4) is 0 Å². The average molecular weight is 1740 g/mol. The average Bonchev–Trinajstić information content (AvgIpc) is 1.75. The van der Waals surface area contributed by atoms with Crippen LogP contribution < -0.4 is 47.3 Å². The first-order valence-corrected chi connectivity index (χ1v) is 43.1. The number of carbonyl (C=O) groups excluding carboxylic acids is 12. The second kappa shape index (κ2) is 49.2. The monoisotopic (exact) mass is 1740 g/mol. The molecular weight excluding hydrogens is 1600 g/mol. The summed E-state index contributed by atoms with van der Waals surface area (Å²) < 4.78 is 25.7. The van der Waals surface area contributed by atoms with E-state index in [0.717, 1.165) is 15.8 Å². The fourth-order valence-corrected chi connectivity index (χ4v) is 14.7. The molecule has 3 aromatic carbocycles. The van der Waals surface area contributed by atoms with E-state index < -0.39 is 132 Å². The van der Waals surface area contributed by atoms with Crippen molar-refractivity contribution >= 4 is 105 Å². The van der Waals surface area contributed by atoms with E-state index in [1.165, 1.54) is 106 Å². The van der Waals surface area contributed by atoms with E-state index in [1.807, 2.05) is 99.6 Å². The zero-order chi connectivity index (χ0) is 92.1. The molecule has 680 valence electrons. The van der Waals surface area contributed by atoms with Crippen molar-refractivity contribution in [1.29, 1.82) is 0 Å². The number of benzene rings is 3. The highest BCUT2D eigenvalue weighted by Gasteiger charge is 2.42. The number of fused-ring (bicyclic) bond motifs is 1. The van der Waals surface area contributed by atoms with Gasteiger partial charge in [0.1, 0.15) is 96.2 Å². The maximum absolute atomic E-state index is 14.7. The Morgan fingerprint density at radius 1 is 0.577 bits per heavy atom. The fraction of sp³-hybridized carbons (Fsp3) is 0.600. The van der Waals surface area contributed by atoms with Crippen molar-refractivity contribution in [2.75, 3.05) is 74.3 Å². The Labute approximate surface area is 730 Å². The maximum atomic E-state index is 14.7. The van der Waals surface area contributed by atoms with Gasteiger partial charge in [0.2, 0.25) is 70.9 Å². The number of hydrogen-bond acceptors (Lipinski definition) is 19. The standard InChI is InChI=1S/C90H136ClFN16O15/c1-24-67(101-77(111)46-73(109)57(14)27-25-30-76(110)95-38-37-94-47-64-33-36-74(123-64)61-31-34-68-65(44-61)81(97-50-96-68)100-63-32-35-75(66(91)45-63)122-49-60-28-26-29-62(92)43-60)87(118)103(18)48-78(112)104(19)69(39-51(2)3)84(115)102-79(55(10)11)90(121)105(20)70(40-52(4)5)83(114)98-58(15)82(113)99-59(16)86(117)106(21)71(41-53(6)7)88(119)107(22)72(42-54(8)9)89(120)108(23)80(56(12)13)85(116)93-17/h26,28-29,31-36,43-45,50-59,67,69-73,79-80,94,109H,24-25,27,30,37-42,46-49H2,1-23H3,(H,93,116)(H,95,110)(H,98,114)(H,99,113)(H,101,111)(H,102,115)(H,96,97,100)/t57-,58+,59-,67+,69+,70+,71+,72+,73+,79+,80+/m1/s1. The molecule has 0 unspecified atom stereocenters. The second-order valence-corrected chi connectivity index (χ2v) is 35.1. The van der Waals surface area contributed by atoms with Crippen molar-refractivity contribution in [2.24, 2.45) is 41.4 Å². The van der Waals surface area contributed by atoms with E-state index in [4.69, 9.17) is 20.8 Å². The van der Waals surface area contributed by atoms with Crippen molar-refractivity contribution in [3.8, 4) is 17.1 Å². The van der Waals surface area contributed by atoms with Gasteiger partial charge in [0, 0.05) is 85.5 Å². The number of carbonyl (C=O) groups is 12. The zero-order valence-corrected chi connectivity index (χ0v) is 77.0. The van der Waals surface area contributed by atoms with Gasteiger partial charge in [0.25, 0.3) is 0 Å². The Bertz CT molecular complexity index is 4390. The lowest BCUT2D eigenvalue weighted by molar-refractivity contribution is -0.153.